The molecular weight excluding hydrogens is 332 g/mol. The molecule has 1 aromatic heterocycles. The molecule has 1 saturated heterocycles. The van der Waals surface area contributed by atoms with Crippen LogP contribution in [0.2, 0.25) is 0 Å². The highest BCUT2D eigenvalue weighted by molar-refractivity contribution is 5.93. The zero-order chi connectivity index (χ0) is 19.1. The number of likely N-dealkylation sites (tertiary alicyclic amines) is 1. The second kappa shape index (κ2) is 9.59. The van der Waals surface area contributed by atoms with Crippen molar-refractivity contribution in [3.63, 3.8) is 0 Å². The number of anilines is 1. The van der Waals surface area contributed by atoms with Gasteiger partial charge in [-0.15, -0.1) is 0 Å². The number of hydrogen-bond donors (Lipinski definition) is 2. The molecule has 8 nitrogen and oxygen atoms in total. The van der Waals surface area contributed by atoms with Crippen LogP contribution in [0.5, 0.6) is 0 Å². The minimum Gasteiger partial charge on any atom is -0.353 e. The van der Waals surface area contributed by atoms with E-state index in [0.29, 0.717) is 18.5 Å². The molecule has 1 atom stereocenters. The molecule has 0 spiro atoms. The number of aromatic nitrogens is 2. The van der Waals surface area contributed by atoms with Crippen LogP contribution in [0.3, 0.4) is 0 Å². The number of amides is 2. The summed E-state index contributed by atoms with van der Waals surface area (Å²) in [6.45, 7) is 7.88. The Morgan fingerprint density at radius 1 is 1.23 bits per heavy atom. The van der Waals surface area contributed by atoms with Gasteiger partial charge in [-0.25, -0.2) is 9.97 Å². The SMILES string of the molecule is CC(C)NC(=O)CN(C)C1CCN(C(C)C(=O)Nc2ncccn2)CC1. The van der Waals surface area contributed by atoms with Gasteiger partial charge in [-0.3, -0.25) is 24.7 Å². The van der Waals surface area contributed by atoms with Crippen LogP contribution in [-0.4, -0.2) is 76.4 Å². The Balaban J connectivity index is 1.78. The molecule has 144 valence electrons. The van der Waals surface area contributed by atoms with Crippen LogP contribution in [-0.2, 0) is 9.59 Å². The Morgan fingerprint density at radius 3 is 2.42 bits per heavy atom. The van der Waals surface area contributed by atoms with Gasteiger partial charge in [0.1, 0.15) is 0 Å². The van der Waals surface area contributed by atoms with E-state index in [9.17, 15) is 9.59 Å². The molecule has 0 bridgehead atoms. The summed E-state index contributed by atoms with van der Waals surface area (Å²) >= 11 is 0. The van der Waals surface area contributed by atoms with Crippen molar-refractivity contribution in [2.75, 3.05) is 32.0 Å². The Labute approximate surface area is 155 Å². The van der Waals surface area contributed by atoms with Crippen LogP contribution in [0, 0.1) is 0 Å². The molecule has 2 heterocycles. The smallest absolute Gasteiger partial charge is 0.243 e. The summed E-state index contributed by atoms with van der Waals surface area (Å²) in [4.78, 5) is 36.6. The summed E-state index contributed by atoms with van der Waals surface area (Å²) in [6, 6.07) is 1.99. The Hall–Kier alpha value is -2.06. The van der Waals surface area contributed by atoms with Gasteiger partial charge in [0.05, 0.1) is 12.6 Å². The van der Waals surface area contributed by atoms with Crippen LogP contribution in [0.1, 0.15) is 33.6 Å². The number of likely N-dealkylation sites (N-methyl/N-ethyl adjacent to an activating group) is 1. The Morgan fingerprint density at radius 2 is 1.85 bits per heavy atom. The summed E-state index contributed by atoms with van der Waals surface area (Å²) < 4.78 is 0. The molecular formula is C18H30N6O2. The maximum atomic E-state index is 12.4. The fourth-order valence-electron chi connectivity index (χ4n) is 3.18. The van der Waals surface area contributed by atoms with Crippen molar-refractivity contribution in [2.45, 2.75) is 51.7 Å². The molecule has 0 aliphatic carbocycles. The quantitative estimate of drug-likeness (QED) is 0.743. The normalized spacial score (nSPS) is 17.3. The van der Waals surface area contributed by atoms with Gasteiger partial charge >= 0.3 is 0 Å². The second-order valence-corrected chi connectivity index (χ2v) is 7.14. The lowest BCUT2D eigenvalue weighted by molar-refractivity contribution is -0.123. The fourth-order valence-corrected chi connectivity index (χ4v) is 3.18. The van der Waals surface area contributed by atoms with E-state index >= 15 is 0 Å². The first-order valence-corrected chi connectivity index (χ1v) is 9.18. The summed E-state index contributed by atoms with van der Waals surface area (Å²) in [6.07, 6.45) is 5.07. The van der Waals surface area contributed by atoms with E-state index in [1.807, 2.05) is 27.8 Å². The summed E-state index contributed by atoms with van der Waals surface area (Å²) in [5.41, 5.74) is 0. The molecule has 0 radical (unpaired) electrons. The summed E-state index contributed by atoms with van der Waals surface area (Å²) in [5.74, 6) is 0.287. The minimum absolute atomic E-state index is 0.0561. The van der Waals surface area contributed by atoms with Crippen molar-refractivity contribution in [3.8, 4) is 0 Å². The largest absolute Gasteiger partial charge is 0.353 e. The third kappa shape index (κ3) is 6.03. The molecule has 8 heteroatoms. The first-order chi connectivity index (χ1) is 12.4. The third-order valence-corrected chi connectivity index (χ3v) is 4.69. The lowest BCUT2D eigenvalue weighted by Gasteiger charge is -2.38. The molecule has 1 unspecified atom stereocenters. The second-order valence-electron chi connectivity index (χ2n) is 7.14. The molecule has 1 aromatic rings. The molecule has 2 rings (SSSR count). The van der Waals surface area contributed by atoms with Crippen molar-refractivity contribution >= 4 is 17.8 Å². The van der Waals surface area contributed by atoms with Crippen LogP contribution < -0.4 is 10.6 Å². The monoisotopic (exact) mass is 362 g/mol. The third-order valence-electron chi connectivity index (χ3n) is 4.69. The molecule has 1 aliphatic rings. The van der Waals surface area contributed by atoms with Crippen molar-refractivity contribution in [1.29, 1.82) is 0 Å². The summed E-state index contributed by atoms with van der Waals surface area (Å²) in [7, 11) is 1.99. The number of nitrogens with zero attached hydrogens (tertiary/aromatic N) is 4. The Kier molecular flexibility index (Phi) is 7.47. The zero-order valence-corrected chi connectivity index (χ0v) is 16.1. The topological polar surface area (TPSA) is 90.5 Å². The van der Waals surface area contributed by atoms with E-state index < -0.39 is 0 Å². The number of rotatable bonds is 7. The van der Waals surface area contributed by atoms with Gasteiger partial charge in [-0.2, -0.15) is 0 Å². The highest BCUT2D eigenvalue weighted by Crippen LogP contribution is 2.17. The van der Waals surface area contributed by atoms with Crippen LogP contribution in [0.25, 0.3) is 0 Å². The number of carbonyl (C=O) groups is 2. The standard InChI is InChI=1S/C18H30N6O2/c1-13(2)21-16(25)12-23(4)15-6-10-24(11-7-15)14(3)17(26)22-18-19-8-5-9-20-18/h5,8-9,13-15H,6-7,10-12H2,1-4H3,(H,21,25)(H,19,20,22,26). The molecule has 1 aliphatic heterocycles. The van der Waals surface area contributed by atoms with Gasteiger partial charge in [0.25, 0.3) is 0 Å². The van der Waals surface area contributed by atoms with Gasteiger partial charge in [0.15, 0.2) is 0 Å². The molecule has 0 aromatic carbocycles. The van der Waals surface area contributed by atoms with E-state index in [2.05, 4.69) is 30.4 Å². The van der Waals surface area contributed by atoms with Gasteiger partial charge < -0.3 is 5.32 Å². The van der Waals surface area contributed by atoms with Gasteiger partial charge in [0, 0.05) is 37.6 Å². The van der Waals surface area contributed by atoms with Crippen molar-refractivity contribution in [2.24, 2.45) is 0 Å². The molecule has 26 heavy (non-hydrogen) atoms. The number of piperidine rings is 1. The highest BCUT2D eigenvalue weighted by Gasteiger charge is 2.29. The van der Waals surface area contributed by atoms with E-state index in [1.54, 1.807) is 18.5 Å². The lowest BCUT2D eigenvalue weighted by Crippen LogP contribution is -2.51. The van der Waals surface area contributed by atoms with Crippen molar-refractivity contribution in [3.05, 3.63) is 18.5 Å². The minimum atomic E-state index is -0.241. The van der Waals surface area contributed by atoms with Crippen LogP contribution in [0.4, 0.5) is 5.95 Å². The fraction of sp³-hybridized carbons (Fsp3) is 0.667. The lowest BCUT2D eigenvalue weighted by atomic mass is 10.0. The van der Waals surface area contributed by atoms with Gasteiger partial charge in [0.2, 0.25) is 17.8 Å². The van der Waals surface area contributed by atoms with Crippen LogP contribution in [0.15, 0.2) is 18.5 Å². The number of nitrogens with one attached hydrogen (secondary N) is 2. The maximum absolute atomic E-state index is 12.4. The molecule has 1 fully saturated rings. The van der Waals surface area contributed by atoms with E-state index in [-0.39, 0.29) is 23.9 Å². The van der Waals surface area contributed by atoms with Crippen molar-refractivity contribution in [1.82, 2.24) is 25.1 Å². The van der Waals surface area contributed by atoms with Gasteiger partial charge in [-0.05, 0) is 46.7 Å². The molecule has 0 saturated carbocycles. The van der Waals surface area contributed by atoms with E-state index in [1.165, 1.54) is 0 Å². The number of carbonyl (C=O) groups excluding carboxylic acids is 2. The average Bonchev–Trinajstić information content (AvgIpc) is 2.61. The summed E-state index contributed by atoms with van der Waals surface area (Å²) in [5, 5.41) is 5.67. The zero-order valence-electron chi connectivity index (χ0n) is 16.1. The van der Waals surface area contributed by atoms with Crippen LogP contribution >= 0.6 is 0 Å². The Bertz CT molecular complexity index is 587. The predicted octanol–water partition coefficient (Wildman–Crippen LogP) is 0.724. The molecule has 2 amide bonds. The van der Waals surface area contributed by atoms with Crippen molar-refractivity contribution < 1.29 is 9.59 Å². The average molecular weight is 362 g/mol. The maximum Gasteiger partial charge on any atom is 0.243 e. The highest BCUT2D eigenvalue weighted by atomic mass is 16.2. The first kappa shape index (κ1) is 20.3. The van der Waals surface area contributed by atoms with E-state index in [4.69, 9.17) is 0 Å². The van der Waals surface area contributed by atoms with E-state index in [0.717, 1.165) is 25.9 Å². The van der Waals surface area contributed by atoms with Gasteiger partial charge in [-0.1, -0.05) is 0 Å². The first-order valence-electron chi connectivity index (χ1n) is 9.18. The molecule has 2 N–H and O–H groups in total. The number of hydrogen-bond acceptors (Lipinski definition) is 6. The predicted molar refractivity (Wildman–Crippen MR) is 101 cm³/mol.